The van der Waals surface area contributed by atoms with E-state index in [0.29, 0.717) is 5.82 Å². The predicted molar refractivity (Wildman–Crippen MR) is 74.9 cm³/mol. The summed E-state index contributed by atoms with van der Waals surface area (Å²) in [7, 11) is -2.86. The molecule has 1 heterocycles. The van der Waals surface area contributed by atoms with Gasteiger partial charge in [-0.1, -0.05) is 12.1 Å². The van der Waals surface area contributed by atoms with Crippen molar-refractivity contribution in [3.63, 3.8) is 0 Å². The molecule has 0 spiro atoms. The summed E-state index contributed by atoms with van der Waals surface area (Å²) in [4.78, 5) is 3.73. The lowest BCUT2D eigenvalue weighted by molar-refractivity contribution is 0.235. The van der Waals surface area contributed by atoms with Gasteiger partial charge in [-0.3, -0.25) is 0 Å². The maximum Gasteiger partial charge on any atom is 0.341 e. The zero-order valence-electron chi connectivity index (χ0n) is 11.5. The monoisotopic (exact) mass is 315 g/mol. The molecule has 1 unspecified atom stereocenters. The van der Waals surface area contributed by atoms with Gasteiger partial charge in [0, 0.05) is 19.4 Å². The van der Waals surface area contributed by atoms with Crippen molar-refractivity contribution in [3.8, 4) is 0 Å². The van der Waals surface area contributed by atoms with Crippen LogP contribution in [0.2, 0.25) is 0 Å². The van der Waals surface area contributed by atoms with Crippen LogP contribution in [0.25, 0.3) is 0 Å². The number of hydrogen-bond donors (Lipinski definition) is 1. The Morgan fingerprint density at radius 1 is 1.29 bits per heavy atom. The van der Waals surface area contributed by atoms with E-state index in [9.17, 15) is 17.2 Å². The summed E-state index contributed by atoms with van der Waals surface area (Å²) >= 11 is 0. The van der Waals surface area contributed by atoms with E-state index in [4.69, 9.17) is 0 Å². The minimum absolute atomic E-state index is 0.133. The SMILES string of the molecule is CC(Nc1ccccc1S(=O)(=O)C(F)F)c1nccn1C. The normalized spacial score (nSPS) is 13.4. The number of nitrogens with zero attached hydrogens (tertiary/aromatic N) is 2. The number of nitrogens with one attached hydrogen (secondary N) is 1. The molecular weight excluding hydrogens is 300 g/mol. The summed E-state index contributed by atoms with van der Waals surface area (Å²) < 4.78 is 50.6. The lowest BCUT2D eigenvalue weighted by Crippen LogP contribution is -2.17. The second-order valence-electron chi connectivity index (χ2n) is 4.56. The molecule has 0 bridgehead atoms. The number of alkyl halides is 2. The van der Waals surface area contributed by atoms with Crippen molar-refractivity contribution < 1.29 is 17.2 Å². The third-order valence-corrected chi connectivity index (χ3v) is 4.48. The minimum atomic E-state index is -4.66. The van der Waals surface area contributed by atoms with Crippen LogP contribution in [0.1, 0.15) is 18.8 Å². The number of halogens is 2. The molecule has 0 saturated carbocycles. The van der Waals surface area contributed by atoms with Crippen molar-refractivity contribution >= 4 is 15.5 Å². The van der Waals surface area contributed by atoms with Gasteiger partial charge in [-0.15, -0.1) is 0 Å². The molecule has 1 N–H and O–H groups in total. The highest BCUT2D eigenvalue weighted by molar-refractivity contribution is 7.91. The van der Waals surface area contributed by atoms with E-state index in [1.807, 2.05) is 0 Å². The number of aromatic nitrogens is 2. The van der Waals surface area contributed by atoms with Gasteiger partial charge in [-0.05, 0) is 19.1 Å². The van der Waals surface area contributed by atoms with E-state index in [0.717, 1.165) is 6.07 Å². The fourth-order valence-corrected chi connectivity index (χ4v) is 2.92. The highest BCUT2D eigenvalue weighted by atomic mass is 32.2. The van der Waals surface area contributed by atoms with Crippen molar-refractivity contribution in [1.82, 2.24) is 9.55 Å². The van der Waals surface area contributed by atoms with Crippen LogP contribution in [0.15, 0.2) is 41.6 Å². The molecule has 0 aliphatic carbocycles. The summed E-state index contributed by atoms with van der Waals surface area (Å²) in [5.41, 5.74) is 0.133. The van der Waals surface area contributed by atoms with Gasteiger partial charge < -0.3 is 9.88 Å². The van der Waals surface area contributed by atoms with Crippen LogP contribution in [0.4, 0.5) is 14.5 Å². The van der Waals surface area contributed by atoms with Crippen LogP contribution in [-0.2, 0) is 16.9 Å². The van der Waals surface area contributed by atoms with Crippen LogP contribution in [0.5, 0.6) is 0 Å². The molecular formula is C13H15F2N3O2S. The van der Waals surface area contributed by atoms with Gasteiger partial charge in [0.15, 0.2) is 0 Å². The van der Waals surface area contributed by atoms with Gasteiger partial charge in [0.2, 0.25) is 9.84 Å². The Bertz CT molecular complexity index is 729. The highest BCUT2D eigenvalue weighted by Gasteiger charge is 2.29. The van der Waals surface area contributed by atoms with E-state index in [1.165, 1.54) is 12.1 Å². The Morgan fingerprint density at radius 3 is 2.52 bits per heavy atom. The largest absolute Gasteiger partial charge is 0.374 e. The van der Waals surface area contributed by atoms with Gasteiger partial charge in [0.1, 0.15) is 5.82 Å². The van der Waals surface area contributed by atoms with Crippen molar-refractivity contribution in [3.05, 3.63) is 42.5 Å². The second kappa shape index (κ2) is 5.80. The van der Waals surface area contributed by atoms with Crippen LogP contribution in [0.3, 0.4) is 0 Å². The molecule has 0 aliphatic heterocycles. The molecule has 2 aromatic rings. The molecule has 0 saturated heterocycles. The molecule has 114 valence electrons. The highest BCUT2D eigenvalue weighted by Crippen LogP contribution is 2.28. The van der Waals surface area contributed by atoms with Gasteiger partial charge >= 0.3 is 5.76 Å². The smallest absolute Gasteiger partial charge is 0.341 e. The number of anilines is 1. The first-order valence-corrected chi connectivity index (χ1v) is 7.73. The zero-order valence-corrected chi connectivity index (χ0v) is 12.3. The lowest BCUT2D eigenvalue weighted by Gasteiger charge is -2.17. The number of benzene rings is 1. The molecule has 1 aromatic heterocycles. The van der Waals surface area contributed by atoms with Gasteiger partial charge in [-0.25, -0.2) is 13.4 Å². The summed E-state index contributed by atoms with van der Waals surface area (Å²) in [6.07, 6.45) is 3.35. The van der Waals surface area contributed by atoms with Gasteiger partial charge in [0.05, 0.1) is 16.6 Å². The minimum Gasteiger partial charge on any atom is -0.374 e. The first-order valence-electron chi connectivity index (χ1n) is 6.19. The molecule has 0 amide bonds. The number of sulfone groups is 1. The maximum absolute atomic E-state index is 12.7. The Labute approximate surface area is 121 Å². The molecule has 1 atom stereocenters. The summed E-state index contributed by atoms with van der Waals surface area (Å²) in [6.45, 7) is 1.77. The zero-order chi connectivity index (χ0) is 15.6. The molecule has 0 fully saturated rings. The van der Waals surface area contributed by atoms with Crippen LogP contribution in [0, 0.1) is 0 Å². The standard InChI is InChI=1S/C13H15F2N3O2S/c1-9(12-16-7-8-18(12)2)17-10-5-3-4-6-11(10)21(19,20)13(14)15/h3-9,13,17H,1-2H3. The Hall–Kier alpha value is -1.96. The topological polar surface area (TPSA) is 64.0 Å². The Balaban J connectivity index is 2.36. The van der Waals surface area contributed by atoms with Crippen LogP contribution >= 0.6 is 0 Å². The van der Waals surface area contributed by atoms with Crippen molar-refractivity contribution in [2.24, 2.45) is 7.05 Å². The van der Waals surface area contributed by atoms with E-state index >= 15 is 0 Å². The summed E-state index contributed by atoms with van der Waals surface area (Å²) in [5.74, 6) is -2.79. The Morgan fingerprint density at radius 2 is 1.95 bits per heavy atom. The predicted octanol–water partition coefficient (Wildman–Crippen LogP) is 2.59. The number of imidazole rings is 1. The van der Waals surface area contributed by atoms with Crippen molar-refractivity contribution in [2.45, 2.75) is 23.6 Å². The van der Waals surface area contributed by atoms with Gasteiger partial charge in [0.25, 0.3) is 0 Å². The van der Waals surface area contributed by atoms with Crippen LogP contribution < -0.4 is 5.32 Å². The molecule has 2 rings (SSSR count). The lowest BCUT2D eigenvalue weighted by atomic mass is 10.2. The van der Waals surface area contributed by atoms with Gasteiger partial charge in [-0.2, -0.15) is 8.78 Å². The van der Waals surface area contributed by atoms with E-state index < -0.39 is 20.5 Å². The number of para-hydroxylation sites is 1. The van der Waals surface area contributed by atoms with E-state index in [2.05, 4.69) is 10.3 Å². The maximum atomic E-state index is 12.7. The molecule has 5 nitrogen and oxygen atoms in total. The first kappa shape index (κ1) is 15.4. The second-order valence-corrected chi connectivity index (χ2v) is 6.45. The van der Waals surface area contributed by atoms with Crippen LogP contribution in [-0.4, -0.2) is 23.7 Å². The summed E-state index contributed by atoms with van der Waals surface area (Å²) in [6, 6.07) is 5.27. The fraction of sp³-hybridized carbons (Fsp3) is 0.308. The third kappa shape index (κ3) is 3.05. The number of hydrogen-bond acceptors (Lipinski definition) is 4. The quantitative estimate of drug-likeness (QED) is 0.921. The third-order valence-electron chi connectivity index (χ3n) is 3.05. The molecule has 1 aromatic carbocycles. The average Bonchev–Trinajstić information content (AvgIpc) is 2.85. The first-order chi connectivity index (χ1) is 9.84. The molecule has 21 heavy (non-hydrogen) atoms. The number of aryl methyl sites for hydroxylation is 1. The van der Waals surface area contributed by atoms with Crippen molar-refractivity contribution in [2.75, 3.05) is 5.32 Å². The molecule has 0 radical (unpaired) electrons. The number of rotatable bonds is 5. The Kier molecular flexibility index (Phi) is 4.26. The van der Waals surface area contributed by atoms with E-state index in [1.54, 1.807) is 37.0 Å². The average molecular weight is 315 g/mol. The molecule has 0 aliphatic rings. The molecule has 8 heteroatoms. The van der Waals surface area contributed by atoms with E-state index in [-0.39, 0.29) is 11.7 Å². The summed E-state index contributed by atoms with van der Waals surface area (Å²) in [5, 5.41) is 2.92. The fourth-order valence-electron chi connectivity index (χ4n) is 2.02. The van der Waals surface area contributed by atoms with Crippen molar-refractivity contribution in [1.29, 1.82) is 0 Å².